The fraction of sp³-hybridized carbons (Fsp3) is 0.174. The lowest BCUT2D eigenvalue weighted by Crippen LogP contribution is -2.25. The summed E-state index contributed by atoms with van der Waals surface area (Å²) in [7, 11) is 0. The van der Waals surface area contributed by atoms with Gasteiger partial charge in [-0.25, -0.2) is 9.78 Å². The van der Waals surface area contributed by atoms with Gasteiger partial charge in [0.05, 0.1) is 17.6 Å². The van der Waals surface area contributed by atoms with Crippen LogP contribution in [-0.4, -0.2) is 27.2 Å². The Morgan fingerprint density at radius 1 is 1.16 bits per heavy atom. The molecule has 0 aliphatic carbocycles. The molecule has 0 unspecified atom stereocenters. The molecule has 6 nitrogen and oxygen atoms in total. The van der Waals surface area contributed by atoms with Crippen molar-refractivity contribution >= 4 is 39.1 Å². The van der Waals surface area contributed by atoms with Crippen molar-refractivity contribution in [2.24, 2.45) is 0 Å². The number of aryl methyl sites for hydroxylation is 1. The summed E-state index contributed by atoms with van der Waals surface area (Å²) < 4.78 is 7.27. The summed E-state index contributed by atoms with van der Waals surface area (Å²) in [5, 5.41) is 11.7. The number of thiophene rings is 1. The van der Waals surface area contributed by atoms with Gasteiger partial charge < -0.3 is 9.84 Å². The molecule has 4 rings (SSSR count). The van der Waals surface area contributed by atoms with Crippen LogP contribution in [0, 0.1) is 6.92 Å². The maximum absolute atomic E-state index is 13.3. The summed E-state index contributed by atoms with van der Waals surface area (Å²) in [6.07, 6.45) is 0.543. The van der Waals surface area contributed by atoms with E-state index >= 15 is 0 Å². The molecule has 0 saturated carbocycles. The third-order valence-corrected chi connectivity index (χ3v) is 5.97. The summed E-state index contributed by atoms with van der Waals surface area (Å²) in [5.41, 5.74) is 1.53. The zero-order valence-electron chi connectivity index (χ0n) is 16.7. The number of halogens is 1. The zero-order chi connectivity index (χ0) is 22.0. The largest absolute Gasteiger partial charge is 0.494 e. The molecule has 2 aromatic carbocycles. The molecule has 2 heterocycles. The van der Waals surface area contributed by atoms with Crippen molar-refractivity contribution < 1.29 is 14.6 Å². The van der Waals surface area contributed by atoms with E-state index in [4.69, 9.17) is 16.3 Å². The lowest BCUT2D eigenvalue weighted by Gasteiger charge is -2.13. The van der Waals surface area contributed by atoms with Crippen molar-refractivity contribution in [2.75, 3.05) is 6.61 Å². The molecule has 8 heteroatoms. The number of hydrogen-bond acceptors (Lipinski definition) is 5. The first-order valence-electron chi connectivity index (χ1n) is 9.65. The first-order valence-corrected chi connectivity index (χ1v) is 10.9. The Morgan fingerprint density at radius 2 is 1.87 bits per heavy atom. The number of carboxylic acids is 1. The molecule has 0 aliphatic rings. The summed E-state index contributed by atoms with van der Waals surface area (Å²) in [5.74, 6) is 0.0729. The van der Waals surface area contributed by atoms with E-state index < -0.39 is 5.97 Å². The van der Waals surface area contributed by atoms with Crippen LogP contribution in [0.3, 0.4) is 0 Å². The predicted octanol–water partition coefficient (Wildman–Crippen LogP) is 5.25. The second kappa shape index (κ2) is 8.91. The van der Waals surface area contributed by atoms with Gasteiger partial charge in [-0.3, -0.25) is 9.36 Å². The minimum absolute atomic E-state index is 0.0147. The molecule has 0 radical (unpaired) electrons. The number of nitrogens with zero attached hydrogens (tertiary/aromatic N) is 2. The smallest absolute Gasteiger partial charge is 0.337 e. The highest BCUT2D eigenvalue weighted by Crippen LogP contribution is 2.26. The maximum Gasteiger partial charge on any atom is 0.337 e. The van der Waals surface area contributed by atoms with Gasteiger partial charge in [0.25, 0.3) is 5.56 Å². The van der Waals surface area contributed by atoms with Crippen molar-refractivity contribution in [2.45, 2.75) is 19.9 Å². The quantitative estimate of drug-likeness (QED) is 0.385. The highest BCUT2D eigenvalue weighted by molar-refractivity contribution is 7.17. The molecule has 0 spiro atoms. The van der Waals surface area contributed by atoms with Crippen molar-refractivity contribution in [3.63, 3.8) is 0 Å². The van der Waals surface area contributed by atoms with Gasteiger partial charge in [0.1, 0.15) is 16.4 Å². The van der Waals surface area contributed by atoms with E-state index in [0.717, 1.165) is 22.5 Å². The van der Waals surface area contributed by atoms with Gasteiger partial charge >= 0.3 is 5.97 Å². The molecule has 31 heavy (non-hydrogen) atoms. The number of rotatable bonds is 7. The summed E-state index contributed by atoms with van der Waals surface area (Å²) in [6.45, 7) is 2.71. The van der Waals surface area contributed by atoms with Crippen molar-refractivity contribution in [1.29, 1.82) is 0 Å². The Balaban J connectivity index is 1.67. The molecule has 0 amide bonds. The van der Waals surface area contributed by atoms with Crippen LogP contribution in [0.1, 0.15) is 22.3 Å². The lowest BCUT2D eigenvalue weighted by atomic mass is 10.1. The highest BCUT2D eigenvalue weighted by atomic mass is 35.5. The van der Waals surface area contributed by atoms with Crippen LogP contribution in [0.25, 0.3) is 21.6 Å². The number of hydrogen-bond donors (Lipinski definition) is 1. The van der Waals surface area contributed by atoms with E-state index in [2.05, 4.69) is 4.98 Å². The van der Waals surface area contributed by atoms with Crippen LogP contribution in [0.4, 0.5) is 0 Å². The number of carboxylic acid groups (broad SMARTS) is 1. The maximum atomic E-state index is 13.3. The average Bonchev–Trinajstić information content (AvgIpc) is 3.19. The SMILES string of the molecule is Cc1ccc(-c2nc3scc(C(=O)O)c3c(=O)n2CCCOc2ccc(Cl)cc2)cc1. The van der Waals surface area contributed by atoms with Crippen molar-refractivity contribution in [3.05, 3.63) is 80.4 Å². The lowest BCUT2D eigenvalue weighted by molar-refractivity contribution is 0.0699. The summed E-state index contributed by atoms with van der Waals surface area (Å²) >= 11 is 7.05. The van der Waals surface area contributed by atoms with E-state index in [1.54, 1.807) is 24.3 Å². The third kappa shape index (κ3) is 4.47. The first-order chi connectivity index (χ1) is 14.9. The minimum atomic E-state index is -1.13. The number of benzene rings is 2. The molecule has 0 bridgehead atoms. The Hall–Kier alpha value is -3.16. The highest BCUT2D eigenvalue weighted by Gasteiger charge is 2.20. The first kappa shape index (κ1) is 21.1. The van der Waals surface area contributed by atoms with Gasteiger partial charge in [-0.2, -0.15) is 0 Å². The summed E-state index contributed by atoms with van der Waals surface area (Å²) in [6, 6.07) is 14.8. The summed E-state index contributed by atoms with van der Waals surface area (Å²) in [4.78, 5) is 29.9. The van der Waals surface area contributed by atoms with E-state index in [1.807, 2.05) is 31.2 Å². The van der Waals surface area contributed by atoms with Crippen molar-refractivity contribution in [1.82, 2.24) is 9.55 Å². The Bertz CT molecular complexity index is 1290. The van der Waals surface area contributed by atoms with Gasteiger partial charge in [0.2, 0.25) is 0 Å². The van der Waals surface area contributed by atoms with Crippen LogP contribution in [0.2, 0.25) is 5.02 Å². The van der Waals surface area contributed by atoms with Crippen molar-refractivity contribution in [3.8, 4) is 17.1 Å². The van der Waals surface area contributed by atoms with E-state index in [-0.39, 0.29) is 16.5 Å². The molecule has 2 aromatic heterocycles. The predicted molar refractivity (Wildman–Crippen MR) is 123 cm³/mol. The Labute approximate surface area is 187 Å². The second-order valence-corrected chi connectivity index (χ2v) is 8.34. The fourth-order valence-electron chi connectivity index (χ4n) is 3.26. The standard InChI is InChI=1S/C23H19ClN2O4S/c1-14-3-5-15(6-4-14)20-25-21-19(18(13-31-21)23(28)29)22(27)26(20)11-2-12-30-17-9-7-16(24)8-10-17/h3-10,13H,2,11-12H2,1H3,(H,28,29). The number of aromatic carboxylic acids is 1. The molecule has 0 aliphatic heterocycles. The Morgan fingerprint density at radius 3 is 2.55 bits per heavy atom. The minimum Gasteiger partial charge on any atom is -0.494 e. The number of aromatic nitrogens is 2. The monoisotopic (exact) mass is 454 g/mol. The Kier molecular flexibility index (Phi) is 6.06. The van der Waals surface area contributed by atoms with E-state index in [0.29, 0.717) is 41.0 Å². The molecule has 1 N–H and O–H groups in total. The molecule has 0 fully saturated rings. The van der Waals surface area contributed by atoms with Crippen LogP contribution < -0.4 is 10.3 Å². The zero-order valence-corrected chi connectivity index (χ0v) is 18.2. The molecular formula is C23H19ClN2O4S. The van der Waals surface area contributed by atoms with Gasteiger partial charge in [-0.1, -0.05) is 41.4 Å². The van der Waals surface area contributed by atoms with Gasteiger partial charge in [0.15, 0.2) is 0 Å². The van der Waals surface area contributed by atoms with Crippen LogP contribution in [0.5, 0.6) is 5.75 Å². The number of carbonyl (C=O) groups is 1. The van der Waals surface area contributed by atoms with E-state index in [9.17, 15) is 14.7 Å². The van der Waals surface area contributed by atoms with Gasteiger partial charge in [-0.05, 0) is 37.6 Å². The third-order valence-electron chi connectivity index (χ3n) is 4.84. The molecule has 4 aromatic rings. The van der Waals surface area contributed by atoms with Crippen LogP contribution in [-0.2, 0) is 6.54 Å². The normalized spacial score (nSPS) is 11.0. The van der Waals surface area contributed by atoms with Gasteiger partial charge in [0, 0.05) is 22.5 Å². The average molecular weight is 455 g/mol. The second-order valence-electron chi connectivity index (χ2n) is 7.05. The fourth-order valence-corrected chi connectivity index (χ4v) is 4.28. The van der Waals surface area contributed by atoms with E-state index in [1.165, 1.54) is 9.95 Å². The topological polar surface area (TPSA) is 81.4 Å². The van der Waals surface area contributed by atoms with Crippen LogP contribution in [0.15, 0.2) is 58.7 Å². The molecule has 0 saturated heterocycles. The molecular weight excluding hydrogens is 436 g/mol. The molecule has 158 valence electrons. The number of ether oxygens (including phenoxy) is 1. The molecule has 0 atom stereocenters. The number of fused-ring (bicyclic) bond motifs is 1. The van der Waals surface area contributed by atoms with Crippen LogP contribution >= 0.6 is 22.9 Å². The van der Waals surface area contributed by atoms with Gasteiger partial charge in [-0.15, -0.1) is 11.3 Å².